The van der Waals surface area contributed by atoms with E-state index in [1.165, 1.54) is 6.07 Å². The topological polar surface area (TPSA) is 97.7 Å². The number of furan rings is 1. The van der Waals surface area contributed by atoms with Crippen molar-refractivity contribution in [1.82, 2.24) is 14.3 Å². The second kappa shape index (κ2) is 8.93. The van der Waals surface area contributed by atoms with Gasteiger partial charge >= 0.3 is 5.97 Å². The van der Waals surface area contributed by atoms with Gasteiger partial charge < -0.3 is 23.2 Å². The average Bonchev–Trinajstić information content (AvgIpc) is 3.59. The van der Waals surface area contributed by atoms with E-state index in [1.54, 1.807) is 35.3 Å². The Bertz CT molecular complexity index is 1350. The minimum Gasteiger partial charge on any atom is -0.486 e. The predicted octanol–water partition coefficient (Wildman–Crippen LogP) is 3.74. The van der Waals surface area contributed by atoms with Crippen LogP contribution < -0.4 is 9.47 Å². The summed E-state index contributed by atoms with van der Waals surface area (Å²) >= 11 is 0. The summed E-state index contributed by atoms with van der Waals surface area (Å²) in [6, 6.07) is 12.5. The third-order valence-corrected chi connectivity index (χ3v) is 5.59. The number of rotatable bonds is 7. The van der Waals surface area contributed by atoms with Crippen LogP contribution in [0.5, 0.6) is 11.5 Å². The Morgan fingerprint density at radius 1 is 1.06 bits per heavy atom. The van der Waals surface area contributed by atoms with Gasteiger partial charge in [-0.15, -0.1) is 0 Å². The first kappa shape index (κ1) is 21.6. The van der Waals surface area contributed by atoms with E-state index in [4.69, 9.17) is 18.6 Å². The third-order valence-electron chi connectivity index (χ3n) is 5.59. The molecule has 9 nitrogen and oxygen atoms in total. The minimum absolute atomic E-state index is 0.0386. The van der Waals surface area contributed by atoms with Crippen LogP contribution in [0.15, 0.2) is 59.3 Å². The molecule has 0 aliphatic carbocycles. The maximum atomic E-state index is 12.9. The number of fused-ring (bicyclic) bond motifs is 1. The van der Waals surface area contributed by atoms with E-state index in [0.717, 1.165) is 17.1 Å². The normalized spacial score (nSPS) is 12.5. The van der Waals surface area contributed by atoms with E-state index in [9.17, 15) is 9.59 Å². The molecule has 1 aromatic carbocycles. The lowest BCUT2D eigenvalue weighted by Gasteiger charge is -2.20. The van der Waals surface area contributed by atoms with Gasteiger partial charge in [-0.05, 0) is 50.2 Å². The smallest absolute Gasteiger partial charge is 0.374 e. The van der Waals surface area contributed by atoms with Crippen LogP contribution in [0.1, 0.15) is 38.1 Å². The molecule has 34 heavy (non-hydrogen) atoms. The summed E-state index contributed by atoms with van der Waals surface area (Å²) in [7, 11) is 0. The van der Waals surface area contributed by atoms with E-state index in [-0.39, 0.29) is 18.2 Å². The number of aryl methyl sites for hydroxylation is 1. The van der Waals surface area contributed by atoms with Gasteiger partial charge in [-0.3, -0.25) is 9.48 Å². The number of hydrogen-bond donors (Lipinski definition) is 0. The van der Waals surface area contributed by atoms with Gasteiger partial charge in [0, 0.05) is 41.1 Å². The van der Waals surface area contributed by atoms with Crippen molar-refractivity contribution in [3.8, 4) is 17.2 Å². The number of Topliss-reactive ketones (excluding diaryl/α,β-unsaturated/α-hetero) is 1. The second-order valence-electron chi connectivity index (χ2n) is 7.92. The Labute approximate surface area is 195 Å². The number of carbonyl (C=O) groups excluding carboxylic acids is 2. The van der Waals surface area contributed by atoms with Crippen LogP contribution in [0.3, 0.4) is 0 Å². The molecule has 0 saturated heterocycles. The number of benzene rings is 1. The van der Waals surface area contributed by atoms with E-state index in [2.05, 4.69) is 5.10 Å². The first-order valence-corrected chi connectivity index (χ1v) is 10.8. The number of carbonyl (C=O) groups is 2. The fraction of sp³-hybridized carbons (Fsp3) is 0.240. The fourth-order valence-corrected chi connectivity index (χ4v) is 4.02. The molecule has 1 aliphatic rings. The molecule has 0 fully saturated rings. The monoisotopic (exact) mass is 461 g/mol. The molecular formula is C25H23N3O6. The van der Waals surface area contributed by atoms with Crippen molar-refractivity contribution in [2.45, 2.75) is 20.4 Å². The average molecular weight is 461 g/mol. The van der Waals surface area contributed by atoms with Crippen molar-refractivity contribution in [2.75, 3.05) is 19.8 Å². The Morgan fingerprint density at radius 3 is 2.68 bits per heavy atom. The van der Waals surface area contributed by atoms with Crippen LogP contribution in [0.4, 0.5) is 0 Å². The van der Waals surface area contributed by atoms with Gasteiger partial charge in [-0.25, -0.2) is 4.79 Å². The molecule has 174 valence electrons. The van der Waals surface area contributed by atoms with Gasteiger partial charge in [0.05, 0.1) is 6.54 Å². The Balaban J connectivity index is 1.27. The lowest BCUT2D eigenvalue weighted by Crippen LogP contribution is -2.16. The quantitative estimate of drug-likeness (QED) is 0.305. The van der Waals surface area contributed by atoms with E-state index in [1.807, 2.05) is 36.6 Å². The van der Waals surface area contributed by atoms with Crippen LogP contribution in [-0.4, -0.2) is 45.9 Å². The molecule has 0 atom stereocenters. The number of nitrogens with zero attached hydrogens (tertiary/aromatic N) is 3. The van der Waals surface area contributed by atoms with Crippen LogP contribution in [0.25, 0.3) is 5.69 Å². The highest BCUT2D eigenvalue weighted by molar-refractivity contribution is 6.00. The molecule has 9 heteroatoms. The summed E-state index contributed by atoms with van der Waals surface area (Å²) in [5, 5.41) is 4.10. The molecule has 4 heterocycles. The number of esters is 1. The highest BCUT2D eigenvalue weighted by Crippen LogP contribution is 2.33. The maximum Gasteiger partial charge on any atom is 0.374 e. The van der Waals surface area contributed by atoms with Crippen LogP contribution in [-0.2, 0) is 11.3 Å². The van der Waals surface area contributed by atoms with Crippen molar-refractivity contribution >= 4 is 11.8 Å². The lowest BCUT2D eigenvalue weighted by molar-refractivity contribution is 0.0442. The highest BCUT2D eigenvalue weighted by Gasteiger charge is 2.21. The molecule has 0 amide bonds. The van der Waals surface area contributed by atoms with Crippen LogP contribution in [0.2, 0.25) is 0 Å². The first-order valence-electron chi connectivity index (χ1n) is 10.8. The molecule has 5 rings (SSSR count). The van der Waals surface area contributed by atoms with Crippen molar-refractivity contribution < 1.29 is 28.2 Å². The largest absolute Gasteiger partial charge is 0.486 e. The van der Waals surface area contributed by atoms with Crippen molar-refractivity contribution in [3.63, 3.8) is 0 Å². The molecule has 0 unspecified atom stereocenters. The first-order chi connectivity index (χ1) is 16.5. The van der Waals surface area contributed by atoms with Crippen molar-refractivity contribution in [2.24, 2.45) is 0 Å². The summed E-state index contributed by atoms with van der Waals surface area (Å²) in [5.41, 5.74) is 2.96. The van der Waals surface area contributed by atoms with Crippen molar-refractivity contribution in [3.05, 3.63) is 83.3 Å². The minimum atomic E-state index is -0.694. The number of hydrogen-bond acceptors (Lipinski definition) is 7. The number of ether oxygens (including phenoxy) is 3. The molecule has 3 aromatic heterocycles. The fourth-order valence-electron chi connectivity index (χ4n) is 4.02. The predicted molar refractivity (Wildman–Crippen MR) is 121 cm³/mol. The zero-order valence-electron chi connectivity index (χ0n) is 18.8. The standard InChI is InChI=1S/C25H23N3O6/c1-16-12-20(17(2)28(16)18-4-6-22-24(13-18)32-11-10-31-22)21(29)15-33-25(30)23-7-5-19(34-23)14-27-9-3-8-26-27/h3-9,12-13H,10-11,14-15H2,1-2H3. The molecule has 0 N–H and O–H groups in total. The third kappa shape index (κ3) is 4.19. The Kier molecular flexibility index (Phi) is 5.67. The van der Waals surface area contributed by atoms with E-state index < -0.39 is 5.97 Å². The zero-order chi connectivity index (χ0) is 23.7. The molecule has 1 aliphatic heterocycles. The van der Waals surface area contributed by atoms with Crippen molar-refractivity contribution in [1.29, 1.82) is 0 Å². The van der Waals surface area contributed by atoms with Crippen LogP contribution in [0, 0.1) is 13.8 Å². The molecule has 0 bridgehead atoms. The van der Waals surface area contributed by atoms with Gasteiger partial charge in [0.1, 0.15) is 19.0 Å². The summed E-state index contributed by atoms with van der Waals surface area (Å²) < 4.78 is 25.7. The molecule has 0 spiro atoms. The Morgan fingerprint density at radius 2 is 1.88 bits per heavy atom. The molecule has 0 saturated carbocycles. The van der Waals surface area contributed by atoms with E-state index >= 15 is 0 Å². The summed E-state index contributed by atoms with van der Waals surface area (Å²) in [6.07, 6.45) is 3.45. The van der Waals surface area contributed by atoms with Gasteiger partial charge in [-0.1, -0.05) is 0 Å². The Hall–Kier alpha value is -4.27. The highest BCUT2D eigenvalue weighted by atomic mass is 16.6. The molecule has 4 aromatic rings. The molecular weight excluding hydrogens is 438 g/mol. The van der Waals surface area contributed by atoms with Gasteiger partial charge in [0.2, 0.25) is 11.5 Å². The van der Waals surface area contributed by atoms with Gasteiger partial charge in [0.15, 0.2) is 18.1 Å². The van der Waals surface area contributed by atoms with E-state index in [0.29, 0.717) is 42.6 Å². The zero-order valence-corrected chi connectivity index (χ0v) is 18.8. The summed E-state index contributed by atoms with van der Waals surface area (Å²) in [6.45, 7) is 4.79. The second-order valence-corrected chi connectivity index (χ2v) is 7.92. The summed E-state index contributed by atoms with van der Waals surface area (Å²) in [5.74, 6) is 0.978. The van der Waals surface area contributed by atoms with Crippen LogP contribution >= 0.6 is 0 Å². The number of aromatic nitrogens is 3. The summed E-state index contributed by atoms with van der Waals surface area (Å²) in [4.78, 5) is 25.3. The maximum absolute atomic E-state index is 12.9. The van der Waals surface area contributed by atoms with Gasteiger partial charge in [-0.2, -0.15) is 5.10 Å². The molecule has 0 radical (unpaired) electrons. The SMILES string of the molecule is Cc1cc(C(=O)COC(=O)c2ccc(Cn3cccn3)o2)c(C)n1-c1ccc2c(c1)OCCO2. The van der Waals surface area contributed by atoms with Gasteiger partial charge in [0.25, 0.3) is 0 Å². The number of ketones is 1. The lowest BCUT2D eigenvalue weighted by atomic mass is 10.1.